The predicted octanol–water partition coefficient (Wildman–Crippen LogP) is 2.73. The van der Waals surface area contributed by atoms with E-state index in [0.29, 0.717) is 36.0 Å². The number of hydrogen-bond donors (Lipinski definition) is 2. The van der Waals surface area contributed by atoms with Gasteiger partial charge in [-0.25, -0.2) is 0 Å². The summed E-state index contributed by atoms with van der Waals surface area (Å²) in [5.41, 5.74) is 3.11. The van der Waals surface area contributed by atoms with Gasteiger partial charge in [0, 0.05) is 48.6 Å². The molecule has 2 fully saturated rings. The third-order valence-corrected chi connectivity index (χ3v) is 6.80. The molecule has 1 unspecified atom stereocenters. The lowest BCUT2D eigenvalue weighted by atomic mass is 9.97. The molecule has 0 amide bonds. The summed E-state index contributed by atoms with van der Waals surface area (Å²) in [5, 5.41) is 27.6. The lowest BCUT2D eigenvalue weighted by Crippen LogP contribution is -2.50. The van der Waals surface area contributed by atoms with Gasteiger partial charge in [0.05, 0.1) is 12.7 Å². The Kier molecular flexibility index (Phi) is 4.34. The Morgan fingerprint density at radius 2 is 1.94 bits per heavy atom. The SMILES string of the molecule is Cn1cc(-c2ccc(-c3cc4c(nn3)N([C@@H]3CC5CC[C@@H](C3)N5)CCO4)c(O)c2)cn1. The summed E-state index contributed by atoms with van der Waals surface area (Å²) in [5.74, 6) is 1.74. The maximum atomic E-state index is 10.7. The van der Waals surface area contributed by atoms with Gasteiger partial charge in [0.25, 0.3) is 0 Å². The maximum Gasteiger partial charge on any atom is 0.194 e. The van der Waals surface area contributed by atoms with Crippen molar-refractivity contribution in [2.75, 3.05) is 18.1 Å². The number of phenolic OH excluding ortho intramolecular Hbond substituents is 1. The number of aromatic hydroxyl groups is 1. The molecule has 8 nitrogen and oxygen atoms in total. The van der Waals surface area contributed by atoms with Crippen LogP contribution in [0.1, 0.15) is 25.7 Å². The van der Waals surface area contributed by atoms with Crippen molar-refractivity contribution in [1.29, 1.82) is 0 Å². The monoisotopic (exact) mass is 418 g/mol. The number of rotatable bonds is 3. The standard InChI is InChI=1S/C23H26N6O2/c1-28-13-15(12-24-28)14-2-5-19(21(30)8-14)20-11-22-23(27-26-20)29(6-7-31-22)18-9-16-3-4-17(10-18)25-16/h2,5,8,11-13,16-18,25,30H,3-4,6-7,9-10H2,1H3/t16-,17?,18-/m0/s1. The van der Waals surface area contributed by atoms with Crippen LogP contribution < -0.4 is 15.0 Å². The molecule has 2 bridgehead atoms. The van der Waals surface area contributed by atoms with Crippen LogP contribution in [0.2, 0.25) is 0 Å². The summed E-state index contributed by atoms with van der Waals surface area (Å²) < 4.78 is 7.70. The van der Waals surface area contributed by atoms with Gasteiger partial charge in [-0.2, -0.15) is 5.10 Å². The first kappa shape index (κ1) is 18.6. The Morgan fingerprint density at radius 1 is 1.10 bits per heavy atom. The van der Waals surface area contributed by atoms with Gasteiger partial charge in [0.1, 0.15) is 18.1 Å². The number of anilines is 1. The van der Waals surface area contributed by atoms with Crippen molar-refractivity contribution in [3.8, 4) is 33.9 Å². The second-order valence-corrected chi connectivity index (χ2v) is 8.86. The van der Waals surface area contributed by atoms with Crippen molar-refractivity contribution in [2.24, 2.45) is 7.05 Å². The summed E-state index contributed by atoms with van der Waals surface area (Å²) in [6, 6.07) is 9.21. The Balaban J connectivity index is 1.29. The number of hydrogen-bond acceptors (Lipinski definition) is 7. The number of piperidine rings is 1. The van der Waals surface area contributed by atoms with Crippen molar-refractivity contribution in [3.05, 3.63) is 36.7 Å². The Hall–Kier alpha value is -3.13. The minimum absolute atomic E-state index is 0.165. The van der Waals surface area contributed by atoms with E-state index in [1.54, 1.807) is 16.9 Å². The molecule has 2 N–H and O–H groups in total. The topological polar surface area (TPSA) is 88.3 Å². The molecule has 0 radical (unpaired) electrons. The van der Waals surface area contributed by atoms with Crippen LogP contribution in [-0.2, 0) is 7.05 Å². The van der Waals surface area contributed by atoms with Gasteiger partial charge in [0.2, 0.25) is 0 Å². The number of fused-ring (bicyclic) bond motifs is 3. The van der Waals surface area contributed by atoms with Gasteiger partial charge in [-0.05, 0) is 43.4 Å². The zero-order valence-electron chi connectivity index (χ0n) is 17.5. The molecule has 3 aliphatic rings. The third kappa shape index (κ3) is 3.31. The first-order valence-corrected chi connectivity index (χ1v) is 11.0. The van der Waals surface area contributed by atoms with Gasteiger partial charge < -0.3 is 20.1 Å². The quantitative estimate of drug-likeness (QED) is 0.676. The lowest BCUT2D eigenvalue weighted by molar-refractivity contribution is 0.274. The molecule has 31 heavy (non-hydrogen) atoms. The Morgan fingerprint density at radius 3 is 2.68 bits per heavy atom. The molecule has 160 valence electrons. The summed E-state index contributed by atoms with van der Waals surface area (Å²) >= 11 is 0. The average molecular weight is 419 g/mol. The molecular weight excluding hydrogens is 392 g/mol. The van der Waals surface area contributed by atoms with E-state index in [1.807, 2.05) is 31.4 Å². The van der Waals surface area contributed by atoms with E-state index >= 15 is 0 Å². The molecule has 8 heteroatoms. The lowest BCUT2D eigenvalue weighted by Gasteiger charge is -2.40. The first-order chi connectivity index (χ1) is 15.1. The fraction of sp³-hybridized carbons (Fsp3) is 0.435. The predicted molar refractivity (Wildman–Crippen MR) is 117 cm³/mol. The van der Waals surface area contributed by atoms with Crippen LogP contribution in [0.4, 0.5) is 5.82 Å². The molecule has 3 aromatic rings. The van der Waals surface area contributed by atoms with E-state index in [-0.39, 0.29) is 5.75 Å². The second kappa shape index (κ2) is 7.23. The van der Waals surface area contributed by atoms with Crippen molar-refractivity contribution in [3.63, 3.8) is 0 Å². The van der Waals surface area contributed by atoms with Crippen LogP contribution in [0.15, 0.2) is 36.7 Å². The maximum absolute atomic E-state index is 10.7. The molecule has 3 aliphatic heterocycles. The minimum Gasteiger partial charge on any atom is -0.507 e. The van der Waals surface area contributed by atoms with Crippen LogP contribution in [-0.4, -0.2) is 56.4 Å². The summed E-state index contributed by atoms with van der Waals surface area (Å²) in [6.45, 7) is 1.49. The van der Waals surface area contributed by atoms with Gasteiger partial charge >= 0.3 is 0 Å². The van der Waals surface area contributed by atoms with Crippen LogP contribution in [0.5, 0.6) is 11.5 Å². The highest BCUT2D eigenvalue weighted by Crippen LogP contribution is 2.39. The zero-order valence-corrected chi connectivity index (χ0v) is 17.5. The highest BCUT2D eigenvalue weighted by Gasteiger charge is 2.38. The van der Waals surface area contributed by atoms with Gasteiger partial charge in [-0.3, -0.25) is 4.68 Å². The molecular formula is C23H26N6O2. The van der Waals surface area contributed by atoms with E-state index in [4.69, 9.17) is 4.74 Å². The highest BCUT2D eigenvalue weighted by atomic mass is 16.5. The summed E-state index contributed by atoms with van der Waals surface area (Å²) in [6.07, 6.45) is 8.55. The van der Waals surface area contributed by atoms with E-state index in [2.05, 4.69) is 25.5 Å². The van der Waals surface area contributed by atoms with E-state index < -0.39 is 0 Å². The second-order valence-electron chi connectivity index (χ2n) is 8.86. The minimum atomic E-state index is 0.165. The number of benzene rings is 1. The van der Waals surface area contributed by atoms with Crippen LogP contribution >= 0.6 is 0 Å². The largest absolute Gasteiger partial charge is 0.507 e. The zero-order chi connectivity index (χ0) is 20.9. The number of aromatic nitrogens is 4. The summed E-state index contributed by atoms with van der Waals surface area (Å²) in [7, 11) is 1.87. The average Bonchev–Trinajstić information content (AvgIpc) is 3.37. The van der Waals surface area contributed by atoms with Crippen molar-refractivity contribution < 1.29 is 9.84 Å². The number of nitrogens with one attached hydrogen (secondary N) is 1. The third-order valence-electron chi connectivity index (χ3n) is 6.80. The molecule has 5 heterocycles. The van der Waals surface area contributed by atoms with E-state index in [1.165, 1.54) is 12.8 Å². The fourth-order valence-corrected chi connectivity index (χ4v) is 5.30. The van der Waals surface area contributed by atoms with E-state index in [0.717, 1.165) is 42.1 Å². The van der Waals surface area contributed by atoms with Crippen molar-refractivity contribution in [1.82, 2.24) is 25.3 Å². The van der Waals surface area contributed by atoms with Crippen LogP contribution in [0.3, 0.4) is 0 Å². The van der Waals surface area contributed by atoms with Gasteiger partial charge in [-0.15, -0.1) is 10.2 Å². The molecule has 0 saturated carbocycles. The van der Waals surface area contributed by atoms with Crippen LogP contribution in [0, 0.1) is 0 Å². The first-order valence-electron chi connectivity index (χ1n) is 11.0. The fourth-order valence-electron chi connectivity index (χ4n) is 5.30. The highest BCUT2D eigenvalue weighted by molar-refractivity contribution is 5.75. The smallest absolute Gasteiger partial charge is 0.194 e. The normalized spacial score (nSPS) is 24.7. The molecule has 1 aromatic carbocycles. The number of nitrogens with zero attached hydrogens (tertiary/aromatic N) is 5. The van der Waals surface area contributed by atoms with E-state index in [9.17, 15) is 5.11 Å². The molecule has 3 atom stereocenters. The van der Waals surface area contributed by atoms with Crippen molar-refractivity contribution >= 4 is 5.82 Å². The number of phenols is 1. The molecule has 0 aliphatic carbocycles. The Labute approximate surface area is 180 Å². The van der Waals surface area contributed by atoms with Crippen LogP contribution in [0.25, 0.3) is 22.4 Å². The van der Waals surface area contributed by atoms with Gasteiger partial charge in [-0.1, -0.05) is 6.07 Å². The molecule has 2 aromatic heterocycles. The number of ether oxygens (including phenoxy) is 1. The Bertz CT molecular complexity index is 1120. The molecule has 6 rings (SSSR count). The van der Waals surface area contributed by atoms with Gasteiger partial charge in [0.15, 0.2) is 11.6 Å². The summed E-state index contributed by atoms with van der Waals surface area (Å²) in [4.78, 5) is 2.38. The molecule has 0 spiro atoms. The molecule has 2 saturated heterocycles. The number of aryl methyl sites for hydroxylation is 1. The van der Waals surface area contributed by atoms with Crippen molar-refractivity contribution in [2.45, 2.75) is 43.8 Å².